The van der Waals surface area contributed by atoms with Crippen molar-refractivity contribution in [3.05, 3.63) is 51.6 Å². The lowest BCUT2D eigenvalue weighted by Gasteiger charge is -2.04. The number of hydrogen-bond donors (Lipinski definition) is 2. The van der Waals surface area contributed by atoms with E-state index >= 15 is 0 Å². The highest BCUT2D eigenvalue weighted by Crippen LogP contribution is 2.31. The van der Waals surface area contributed by atoms with Crippen molar-refractivity contribution in [1.29, 1.82) is 0 Å². The molecule has 0 unspecified atom stereocenters. The highest BCUT2D eigenvalue weighted by atomic mass is 35.5. The van der Waals surface area contributed by atoms with E-state index in [1.54, 1.807) is 18.5 Å². The average molecular weight is 327 g/mol. The number of amides is 1. The predicted octanol–water partition coefficient (Wildman–Crippen LogP) is 2.38. The molecule has 0 saturated carbocycles. The van der Waals surface area contributed by atoms with Crippen LogP contribution in [0.5, 0.6) is 0 Å². The number of thioether (sulfide) groups is 1. The molecule has 0 radical (unpaired) electrons. The molecule has 110 valence electrons. The highest BCUT2D eigenvalue weighted by Gasteiger charge is 2.16. The largest absolute Gasteiger partial charge is 0.348 e. The lowest BCUT2D eigenvalue weighted by Crippen LogP contribution is -2.25. The van der Waals surface area contributed by atoms with E-state index in [0.717, 1.165) is 11.8 Å². The van der Waals surface area contributed by atoms with Gasteiger partial charge in [0, 0.05) is 23.5 Å². The fourth-order valence-electron chi connectivity index (χ4n) is 1.53. The molecular weight excluding hydrogens is 316 g/mol. The second-order valence-electron chi connectivity index (χ2n) is 3.97. The number of nitrogens with one attached hydrogen (secondary N) is 2. The van der Waals surface area contributed by atoms with Crippen LogP contribution >= 0.6 is 23.4 Å². The molecule has 2 N–H and O–H groups in total. The topological polar surface area (TPSA) is 101 Å². The second-order valence-corrected chi connectivity index (χ2v) is 5.42. The lowest BCUT2D eigenvalue weighted by molar-refractivity contribution is -0.387. The minimum absolute atomic E-state index is 0.0726. The van der Waals surface area contributed by atoms with Gasteiger partial charge in [-0.15, -0.1) is 11.8 Å². The number of halogens is 1. The number of carbonyl (C=O) groups excluding carboxylic acids is 1. The maximum atomic E-state index is 11.7. The molecule has 0 aliphatic rings. The third-order valence-electron chi connectivity index (χ3n) is 2.48. The van der Waals surface area contributed by atoms with Crippen molar-refractivity contribution in [1.82, 2.24) is 15.3 Å². The molecule has 0 aliphatic carbocycles. The standard InChI is InChI=1S/C12H11ClN4O3S/c13-8-1-2-10(9(5-8)17(19)20)21-7-12(18)16-6-11-14-3-4-15-11/h1-5H,6-7H2,(H,14,15)(H,16,18). The van der Waals surface area contributed by atoms with Gasteiger partial charge in [0.1, 0.15) is 5.82 Å². The van der Waals surface area contributed by atoms with Gasteiger partial charge in [-0.2, -0.15) is 0 Å². The summed E-state index contributed by atoms with van der Waals surface area (Å²) in [7, 11) is 0. The molecule has 1 aromatic heterocycles. The third-order valence-corrected chi connectivity index (χ3v) is 3.78. The maximum absolute atomic E-state index is 11.7. The summed E-state index contributed by atoms with van der Waals surface area (Å²) in [5.41, 5.74) is -0.105. The van der Waals surface area contributed by atoms with E-state index < -0.39 is 4.92 Å². The number of aromatic amines is 1. The molecule has 0 bridgehead atoms. The first-order valence-electron chi connectivity index (χ1n) is 5.88. The number of hydrogen-bond acceptors (Lipinski definition) is 5. The zero-order valence-electron chi connectivity index (χ0n) is 10.7. The summed E-state index contributed by atoms with van der Waals surface area (Å²) in [4.78, 5) is 29.3. The number of imidazole rings is 1. The van der Waals surface area contributed by atoms with Crippen LogP contribution in [0.2, 0.25) is 5.02 Å². The Hall–Kier alpha value is -2.06. The van der Waals surface area contributed by atoms with Crippen molar-refractivity contribution < 1.29 is 9.72 Å². The van der Waals surface area contributed by atoms with E-state index in [-0.39, 0.29) is 28.9 Å². The van der Waals surface area contributed by atoms with Gasteiger partial charge in [-0.3, -0.25) is 14.9 Å². The maximum Gasteiger partial charge on any atom is 0.284 e. The van der Waals surface area contributed by atoms with E-state index in [4.69, 9.17) is 11.6 Å². The smallest absolute Gasteiger partial charge is 0.284 e. The summed E-state index contributed by atoms with van der Waals surface area (Å²) >= 11 is 6.81. The zero-order valence-corrected chi connectivity index (χ0v) is 12.3. The molecule has 0 fully saturated rings. The molecule has 21 heavy (non-hydrogen) atoms. The molecule has 1 aromatic carbocycles. The van der Waals surface area contributed by atoms with Crippen LogP contribution in [0, 0.1) is 10.1 Å². The number of rotatable bonds is 6. The Morgan fingerprint density at radius 2 is 2.33 bits per heavy atom. The Morgan fingerprint density at radius 1 is 1.52 bits per heavy atom. The molecule has 0 aliphatic heterocycles. The van der Waals surface area contributed by atoms with E-state index in [2.05, 4.69) is 15.3 Å². The van der Waals surface area contributed by atoms with Crippen LogP contribution in [0.1, 0.15) is 5.82 Å². The first kappa shape index (κ1) is 15.3. The van der Waals surface area contributed by atoms with Gasteiger partial charge in [-0.05, 0) is 12.1 Å². The molecular formula is C12H11ClN4O3S. The summed E-state index contributed by atoms with van der Waals surface area (Å²) in [6, 6.07) is 4.35. The number of H-pyrrole nitrogens is 1. The molecule has 1 heterocycles. The number of nitrogens with zero attached hydrogens (tertiary/aromatic N) is 2. The first-order valence-corrected chi connectivity index (χ1v) is 7.24. The summed E-state index contributed by atoms with van der Waals surface area (Å²) in [5, 5.41) is 13.9. The Bertz CT molecular complexity index is 648. The minimum Gasteiger partial charge on any atom is -0.348 e. The molecule has 0 atom stereocenters. The van der Waals surface area contributed by atoms with Gasteiger partial charge in [-0.1, -0.05) is 11.6 Å². The van der Waals surface area contributed by atoms with Crippen LogP contribution in [-0.4, -0.2) is 26.6 Å². The van der Waals surface area contributed by atoms with Crippen LogP contribution in [0.25, 0.3) is 0 Å². The molecule has 0 spiro atoms. The number of carbonyl (C=O) groups is 1. The molecule has 1 amide bonds. The monoisotopic (exact) mass is 326 g/mol. The van der Waals surface area contributed by atoms with Crippen molar-refractivity contribution in [2.75, 3.05) is 5.75 Å². The van der Waals surface area contributed by atoms with Crippen molar-refractivity contribution >= 4 is 35.0 Å². The second kappa shape index (κ2) is 7.09. The van der Waals surface area contributed by atoms with Gasteiger partial charge in [0.05, 0.1) is 22.1 Å². The Kier molecular flexibility index (Phi) is 5.18. The normalized spacial score (nSPS) is 10.3. The number of nitro benzene ring substituents is 1. The molecule has 7 nitrogen and oxygen atoms in total. The van der Waals surface area contributed by atoms with Crippen LogP contribution < -0.4 is 5.32 Å². The van der Waals surface area contributed by atoms with E-state index in [1.165, 1.54) is 12.1 Å². The Balaban J connectivity index is 1.90. The fraction of sp³-hybridized carbons (Fsp3) is 0.167. The van der Waals surface area contributed by atoms with Crippen LogP contribution in [0.15, 0.2) is 35.5 Å². The molecule has 2 aromatic rings. The number of nitro groups is 1. The Morgan fingerprint density at radius 3 is 3.00 bits per heavy atom. The Labute approximate surface area is 129 Å². The van der Waals surface area contributed by atoms with Gasteiger partial charge < -0.3 is 10.3 Å². The lowest BCUT2D eigenvalue weighted by atomic mass is 10.3. The summed E-state index contributed by atoms with van der Waals surface area (Å²) in [5.74, 6) is 0.481. The zero-order chi connectivity index (χ0) is 15.2. The summed E-state index contributed by atoms with van der Waals surface area (Å²) in [6.07, 6.45) is 3.25. The van der Waals surface area contributed by atoms with Gasteiger partial charge in [0.2, 0.25) is 5.91 Å². The SMILES string of the molecule is O=C(CSc1ccc(Cl)cc1[N+](=O)[O-])NCc1ncc[nH]1. The number of benzene rings is 1. The highest BCUT2D eigenvalue weighted by molar-refractivity contribution is 8.00. The fourth-order valence-corrected chi connectivity index (χ4v) is 2.53. The summed E-state index contributed by atoms with van der Waals surface area (Å²) < 4.78 is 0. The van der Waals surface area contributed by atoms with Gasteiger partial charge >= 0.3 is 0 Å². The average Bonchev–Trinajstić information content (AvgIpc) is 2.97. The molecule has 0 saturated heterocycles. The van der Waals surface area contributed by atoms with Gasteiger partial charge in [-0.25, -0.2) is 4.98 Å². The van der Waals surface area contributed by atoms with Gasteiger partial charge in [0.25, 0.3) is 5.69 Å². The van der Waals surface area contributed by atoms with E-state index in [0.29, 0.717) is 10.7 Å². The van der Waals surface area contributed by atoms with Crippen LogP contribution in [0.4, 0.5) is 5.69 Å². The first-order chi connectivity index (χ1) is 10.1. The van der Waals surface area contributed by atoms with Crippen molar-refractivity contribution in [2.24, 2.45) is 0 Å². The van der Waals surface area contributed by atoms with Crippen LogP contribution in [-0.2, 0) is 11.3 Å². The van der Waals surface area contributed by atoms with Crippen LogP contribution in [0.3, 0.4) is 0 Å². The van der Waals surface area contributed by atoms with Crippen molar-refractivity contribution in [3.63, 3.8) is 0 Å². The van der Waals surface area contributed by atoms with Crippen molar-refractivity contribution in [3.8, 4) is 0 Å². The van der Waals surface area contributed by atoms with Crippen molar-refractivity contribution in [2.45, 2.75) is 11.4 Å². The van der Waals surface area contributed by atoms with Gasteiger partial charge in [0.15, 0.2) is 0 Å². The molecule has 2 rings (SSSR count). The minimum atomic E-state index is -0.519. The quantitative estimate of drug-likeness (QED) is 0.482. The summed E-state index contributed by atoms with van der Waals surface area (Å²) in [6.45, 7) is 0.287. The third kappa shape index (κ3) is 4.47. The molecule has 9 heteroatoms. The van der Waals surface area contributed by atoms with E-state index in [1.807, 2.05) is 0 Å². The predicted molar refractivity (Wildman–Crippen MR) is 79.3 cm³/mol. The number of aromatic nitrogens is 2. The van der Waals surface area contributed by atoms with E-state index in [9.17, 15) is 14.9 Å².